The predicted molar refractivity (Wildman–Crippen MR) is 68.6 cm³/mol. The zero-order valence-corrected chi connectivity index (χ0v) is 10.9. The minimum absolute atomic E-state index is 0.150. The summed E-state index contributed by atoms with van der Waals surface area (Å²) in [5, 5.41) is 12.3. The Morgan fingerprint density at radius 2 is 2.22 bits per heavy atom. The van der Waals surface area contributed by atoms with Crippen LogP contribution >= 0.6 is 0 Å². The summed E-state index contributed by atoms with van der Waals surface area (Å²) in [5.74, 6) is 0.714. The number of aromatic nitrogens is 2. The minimum atomic E-state index is -0.760. The number of nitrogens with one attached hydrogen (secondary N) is 1. The summed E-state index contributed by atoms with van der Waals surface area (Å²) >= 11 is 0. The van der Waals surface area contributed by atoms with Crippen molar-refractivity contribution < 1.29 is 9.90 Å². The van der Waals surface area contributed by atoms with Gasteiger partial charge in [-0.3, -0.25) is 4.79 Å². The van der Waals surface area contributed by atoms with Gasteiger partial charge in [0.15, 0.2) is 0 Å². The first-order chi connectivity index (χ1) is 8.53. The second kappa shape index (κ2) is 4.92. The smallest absolute Gasteiger partial charge is 0.305 e. The monoisotopic (exact) mass is 249 g/mol. The molecule has 0 bridgehead atoms. The molecule has 0 saturated heterocycles. The summed E-state index contributed by atoms with van der Waals surface area (Å²) in [7, 11) is 0. The lowest BCUT2D eigenvalue weighted by atomic mass is 9.74. The Morgan fingerprint density at radius 1 is 1.50 bits per heavy atom. The van der Waals surface area contributed by atoms with E-state index in [1.54, 1.807) is 0 Å². The molecule has 0 spiro atoms. The first-order valence-corrected chi connectivity index (χ1v) is 6.37. The van der Waals surface area contributed by atoms with Crippen molar-refractivity contribution in [3.63, 3.8) is 0 Å². The van der Waals surface area contributed by atoms with Gasteiger partial charge in [-0.1, -0.05) is 6.92 Å². The van der Waals surface area contributed by atoms with Crippen LogP contribution in [0.25, 0.3) is 0 Å². The van der Waals surface area contributed by atoms with Gasteiger partial charge in [-0.2, -0.15) is 0 Å². The largest absolute Gasteiger partial charge is 0.481 e. The van der Waals surface area contributed by atoms with Crippen LogP contribution in [0.2, 0.25) is 0 Å². The Hall–Kier alpha value is -1.65. The van der Waals surface area contributed by atoms with E-state index in [0.717, 1.165) is 43.0 Å². The van der Waals surface area contributed by atoms with E-state index in [0.29, 0.717) is 0 Å². The Balaban J connectivity index is 2.16. The van der Waals surface area contributed by atoms with Gasteiger partial charge in [0.05, 0.1) is 6.42 Å². The molecule has 1 aromatic heterocycles. The number of carbonyl (C=O) groups is 1. The van der Waals surface area contributed by atoms with Crippen molar-refractivity contribution in [2.45, 2.75) is 51.5 Å². The molecule has 0 aromatic carbocycles. The maximum absolute atomic E-state index is 10.9. The van der Waals surface area contributed by atoms with E-state index < -0.39 is 5.97 Å². The van der Waals surface area contributed by atoms with Gasteiger partial charge in [-0.15, -0.1) is 0 Å². The molecule has 0 amide bonds. The first kappa shape index (κ1) is 12.8. The molecule has 0 radical (unpaired) electrons. The van der Waals surface area contributed by atoms with Crippen LogP contribution in [0.15, 0.2) is 6.07 Å². The van der Waals surface area contributed by atoms with Crippen molar-refractivity contribution in [3.8, 4) is 0 Å². The van der Waals surface area contributed by atoms with E-state index in [9.17, 15) is 4.79 Å². The van der Waals surface area contributed by atoms with Crippen LogP contribution in [0.5, 0.6) is 0 Å². The molecular weight excluding hydrogens is 230 g/mol. The number of aliphatic carboxylic acids is 1. The second-order valence-electron chi connectivity index (χ2n) is 4.97. The number of aryl methyl sites for hydroxylation is 2. The zero-order valence-electron chi connectivity index (χ0n) is 10.9. The number of hydrogen-bond donors (Lipinski definition) is 2. The van der Waals surface area contributed by atoms with Crippen LogP contribution in [0.3, 0.4) is 0 Å². The zero-order chi connectivity index (χ0) is 13.2. The van der Waals surface area contributed by atoms with E-state index in [4.69, 9.17) is 5.11 Å². The van der Waals surface area contributed by atoms with Gasteiger partial charge in [0.2, 0.25) is 0 Å². The normalized spacial score (nSPS) is 17.0. The molecule has 0 unspecified atom stereocenters. The van der Waals surface area contributed by atoms with Crippen LogP contribution in [-0.4, -0.2) is 26.6 Å². The highest BCUT2D eigenvalue weighted by atomic mass is 16.4. The maximum Gasteiger partial charge on any atom is 0.305 e. The van der Waals surface area contributed by atoms with Gasteiger partial charge in [-0.25, -0.2) is 9.97 Å². The van der Waals surface area contributed by atoms with E-state index in [2.05, 4.69) is 15.3 Å². The van der Waals surface area contributed by atoms with Crippen molar-refractivity contribution in [3.05, 3.63) is 17.6 Å². The maximum atomic E-state index is 10.9. The molecule has 5 heteroatoms. The summed E-state index contributed by atoms with van der Waals surface area (Å²) in [6.45, 7) is 3.90. The fourth-order valence-electron chi connectivity index (χ4n) is 2.39. The molecule has 0 aliphatic heterocycles. The van der Waals surface area contributed by atoms with Crippen LogP contribution < -0.4 is 5.32 Å². The Kier molecular flexibility index (Phi) is 3.50. The summed E-state index contributed by atoms with van der Waals surface area (Å²) in [6, 6.07) is 1.91. The molecule has 1 saturated carbocycles. The third-order valence-corrected chi connectivity index (χ3v) is 3.45. The molecular formula is C13H19N3O2. The molecule has 5 nitrogen and oxygen atoms in total. The molecule has 0 atom stereocenters. The van der Waals surface area contributed by atoms with Gasteiger partial charge >= 0.3 is 5.97 Å². The minimum Gasteiger partial charge on any atom is -0.481 e. The van der Waals surface area contributed by atoms with E-state index >= 15 is 0 Å². The first-order valence-electron chi connectivity index (χ1n) is 6.37. The fraction of sp³-hybridized carbons (Fsp3) is 0.615. The topological polar surface area (TPSA) is 75.1 Å². The highest BCUT2D eigenvalue weighted by Crippen LogP contribution is 2.37. The van der Waals surface area contributed by atoms with Gasteiger partial charge in [0, 0.05) is 17.3 Å². The predicted octanol–water partition coefficient (Wildman–Crippen LogP) is 2.16. The Bertz CT molecular complexity index is 456. The molecule has 98 valence electrons. The van der Waals surface area contributed by atoms with Crippen molar-refractivity contribution in [1.29, 1.82) is 0 Å². The highest BCUT2D eigenvalue weighted by molar-refractivity contribution is 5.69. The average molecular weight is 249 g/mol. The molecule has 1 aromatic rings. The molecule has 18 heavy (non-hydrogen) atoms. The molecule has 1 aliphatic rings. The standard InChI is InChI=1S/C13H19N3O2/c1-3-10-7-11(15-9(2)14-10)16-13(5-4-6-13)8-12(17)18/h7H,3-6,8H2,1-2H3,(H,17,18)(H,14,15,16). The van der Waals surface area contributed by atoms with Crippen LogP contribution in [0.4, 0.5) is 5.82 Å². The highest BCUT2D eigenvalue weighted by Gasteiger charge is 2.39. The molecule has 2 N–H and O–H groups in total. The number of carboxylic acids is 1. The third kappa shape index (κ3) is 2.78. The van der Waals surface area contributed by atoms with Crippen molar-refractivity contribution in [2.75, 3.05) is 5.32 Å². The quantitative estimate of drug-likeness (QED) is 0.836. The summed E-state index contributed by atoms with van der Waals surface area (Å²) in [4.78, 5) is 19.6. The van der Waals surface area contributed by atoms with Gasteiger partial charge in [0.1, 0.15) is 11.6 Å². The van der Waals surface area contributed by atoms with Crippen LogP contribution in [-0.2, 0) is 11.2 Å². The van der Waals surface area contributed by atoms with Gasteiger partial charge in [-0.05, 0) is 32.6 Å². The van der Waals surface area contributed by atoms with Gasteiger partial charge in [0.25, 0.3) is 0 Å². The summed E-state index contributed by atoms with van der Waals surface area (Å²) < 4.78 is 0. The molecule has 2 rings (SSSR count). The van der Waals surface area contributed by atoms with E-state index in [1.165, 1.54) is 0 Å². The van der Waals surface area contributed by atoms with Crippen molar-refractivity contribution in [2.24, 2.45) is 0 Å². The molecule has 1 fully saturated rings. The van der Waals surface area contributed by atoms with Crippen LogP contribution in [0.1, 0.15) is 44.1 Å². The number of nitrogens with zero attached hydrogens (tertiary/aromatic N) is 2. The Morgan fingerprint density at radius 3 is 2.72 bits per heavy atom. The SMILES string of the molecule is CCc1cc(NC2(CC(=O)O)CCC2)nc(C)n1. The number of hydrogen-bond acceptors (Lipinski definition) is 4. The number of carboxylic acid groups (broad SMARTS) is 1. The lowest BCUT2D eigenvalue weighted by Crippen LogP contribution is -2.47. The second-order valence-corrected chi connectivity index (χ2v) is 4.97. The van der Waals surface area contributed by atoms with Crippen molar-refractivity contribution >= 4 is 11.8 Å². The lowest BCUT2D eigenvalue weighted by Gasteiger charge is -2.42. The molecule has 1 heterocycles. The van der Waals surface area contributed by atoms with Crippen molar-refractivity contribution in [1.82, 2.24) is 9.97 Å². The lowest BCUT2D eigenvalue weighted by molar-refractivity contribution is -0.138. The van der Waals surface area contributed by atoms with E-state index in [-0.39, 0.29) is 12.0 Å². The summed E-state index contributed by atoms with van der Waals surface area (Å²) in [6.07, 6.45) is 3.86. The number of anilines is 1. The van der Waals surface area contributed by atoms with Crippen LogP contribution in [0, 0.1) is 6.92 Å². The Labute approximate surface area is 107 Å². The average Bonchev–Trinajstić information content (AvgIpc) is 2.24. The summed E-state index contributed by atoms with van der Waals surface area (Å²) in [5.41, 5.74) is 0.673. The third-order valence-electron chi connectivity index (χ3n) is 3.45. The van der Waals surface area contributed by atoms with E-state index in [1.807, 2.05) is 19.9 Å². The fourth-order valence-corrected chi connectivity index (χ4v) is 2.39. The van der Waals surface area contributed by atoms with Gasteiger partial charge < -0.3 is 10.4 Å². The number of rotatable bonds is 5. The molecule has 1 aliphatic carbocycles.